The van der Waals surface area contributed by atoms with Gasteiger partial charge < -0.3 is 15.7 Å². The highest BCUT2D eigenvalue weighted by molar-refractivity contribution is 5.79. The second kappa shape index (κ2) is 6.24. The summed E-state index contributed by atoms with van der Waals surface area (Å²) in [5, 5.41) is 15.2. The lowest BCUT2D eigenvalue weighted by atomic mass is 9.74. The molecule has 0 aliphatic heterocycles. The standard InChI is InChI=1S/C16H30N2O3/c1-10-7-8-12(11(2)9-10)17-14(21)18-16(5,6)15(3,4)13(19)20/h10-12H,7-9H2,1-6H3,(H,19,20)(H2,17,18,21). The normalized spacial score (nSPS) is 27.0. The maximum Gasteiger partial charge on any atom is 0.315 e. The molecular formula is C16H30N2O3. The van der Waals surface area contributed by atoms with Crippen LogP contribution in [0.3, 0.4) is 0 Å². The van der Waals surface area contributed by atoms with Gasteiger partial charge in [0, 0.05) is 6.04 Å². The van der Waals surface area contributed by atoms with Crippen LogP contribution in [0.15, 0.2) is 0 Å². The minimum Gasteiger partial charge on any atom is -0.481 e. The number of nitrogens with one attached hydrogen (secondary N) is 2. The van der Waals surface area contributed by atoms with Gasteiger partial charge in [-0.05, 0) is 58.8 Å². The van der Waals surface area contributed by atoms with Crippen molar-refractivity contribution in [3.05, 3.63) is 0 Å². The molecule has 0 aromatic rings. The fourth-order valence-electron chi connectivity index (χ4n) is 2.79. The van der Waals surface area contributed by atoms with Gasteiger partial charge in [0.15, 0.2) is 0 Å². The van der Waals surface area contributed by atoms with Crippen LogP contribution in [0.1, 0.15) is 60.8 Å². The van der Waals surface area contributed by atoms with E-state index in [0.29, 0.717) is 11.8 Å². The average molecular weight is 298 g/mol. The largest absolute Gasteiger partial charge is 0.481 e. The minimum atomic E-state index is -1.04. The van der Waals surface area contributed by atoms with Crippen molar-refractivity contribution in [3.63, 3.8) is 0 Å². The lowest BCUT2D eigenvalue weighted by molar-refractivity contribution is -0.150. The Labute approximate surface area is 127 Å². The Hall–Kier alpha value is -1.26. The molecule has 1 rings (SSSR count). The molecule has 0 aromatic heterocycles. The number of carbonyl (C=O) groups is 2. The maximum atomic E-state index is 12.2. The Morgan fingerprint density at radius 2 is 1.67 bits per heavy atom. The molecule has 0 aromatic carbocycles. The predicted molar refractivity (Wildman–Crippen MR) is 83.1 cm³/mol. The Kier molecular flexibility index (Phi) is 5.29. The SMILES string of the molecule is CC1CCC(NC(=O)NC(C)(C)C(C)(C)C(=O)O)C(C)C1. The number of carbonyl (C=O) groups excluding carboxylic acids is 1. The zero-order valence-corrected chi connectivity index (χ0v) is 14.1. The lowest BCUT2D eigenvalue weighted by Crippen LogP contribution is -2.60. The highest BCUT2D eigenvalue weighted by Gasteiger charge is 2.44. The van der Waals surface area contributed by atoms with Crippen LogP contribution in [-0.4, -0.2) is 28.7 Å². The van der Waals surface area contributed by atoms with Crippen molar-refractivity contribution in [1.29, 1.82) is 0 Å². The summed E-state index contributed by atoms with van der Waals surface area (Å²) in [7, 11) is 0. The van der Waals surface area contributed by atoms with Crippen molar-refractivity contribution < 1.29 is 14.7 Å². The zero-order chi connectivity index (χ0) is 16.4. The van der Waals surface area contributed by atoms with Crippen molar-refractivity contribution in [3.8, 4) is 0 Å². The highest BCUT2D eigenvalue weighted by Crippen LogP contribution is 2.31. The van der Waals surface area contributed by atoms with E-state index in [9.17, 15) is 14.7 Å². The van der Waals surface area contributed by atoms with Crippen LogP contribution in [0.2, 0.25) is 0 Å². The molecule has 122 valence electrons. The van der Waals surface area contributed by atoms with E-state index in [-0.39, 0.29) is 12.1 Å². The number of carboxylic acid groups (broad SMARTS) is 1. The Morgan fingerprint density at radius 3 is 2.14 bits per heavy atom. The number of amides is 2. The fourth-order valence-corrected chi connectivity index (χ4v) is 2.79. The topological polar surface area (TPSA) is 78.4 Å². The van der Waals surface area contributed by atoms with E-state index in [4.69, 9.17) is 0 Å². The molecule has 2 amide bonds. The van der Waals surface area contributed by atoms with Gasteiger partial charge in [0.1, 0.15) is 0 Å². The first-order valence-corrected chi connectivity index (χ1v) is 7.79. The molecule has 0 spiro atoms. The number of hydrogen-bond donors (Lipinski definition) is 3. The monoisotopic (exact) mass is 298 g/mol. The molecule has 0 radical (unpaired) electrons. The summed E-state index contributed by atoms with van der Waals surface area (Å²) in [6.07, 6.45) is 3.23. The van der Waals surface area contributed by atoms with Gasteiger partial charge in [-0.15, -0.1) is 0 Å². The smallest absolute Gasteiger partial charge is 0.315 e. The molecule has 1 saturated carbocycles. The number of hydrogen-bond acceptors (Lipinski definition) is 2. The van der Waals surface area contributed by atoms with Crippen molar-refractivity contribution in [2.24, 2.45) is 17.3 Å². The van der Waals surface area contributed by atoms with Crippen molar-refractivity contribution >= 4 is 12.0 Å². The van der Waals surface area contributed by atoms with Gasteiger partial charge in [-0.25, -0.2) is 4.79 Å². The van der Waals surface area contributed by atoms with E-state index in [1.54, 1.807) is 27.7 Å². The molecule has 5 heteroatoms. The summed E-state index contributed by atoms with van der Waals surface area (Å²) in [4.78, 5) is 23.6. The predicted octanol–water partition coefficient (Wildman–Crippen LogP) is 3.00. The van der Waals surface area contributed by atoms with Crippen molar-refractivity contribution in [2.75, 3.05) is 0 Å². The van der Waals surface area contributed by atoms with E-state index in [1.165, 1.54) is 0 Å². The van der Waals surface area contributed by atoms with Gasteiger partial charge in [-0.1, -0.05) is 13.8 Å². The van der Waals surface area contributed by atoms with E-state index in [1.807, 2.05) is 0 Å². The summed E-state index contributed by atoms with van der Waals surface area (Å²) in [6.45, 7) is 11.1. The molecular weight excluding hydrogens is 268 g/mol. The van der Waals surface area contributed by atoms with Crippen LogP contribution >= 0.6 is 0 Å². The number of carboxylic acids is 1. The summed E-state index contributed by atoms with van der Waals surface area (Å²) in [5.41, 5.74) is -1.88. The molecule has 5 nitrogen and oxygen atoms in total. The first-order chi connectivity index (χ1) is 9.47. The lowest BCUT2D eigenvalue weighted by Gasteiger charge is -2.40. The van der Waals surface area contributed by atoms with Gasteiger partial charge in [0.2, 0.25) is 0 Å². The summed E-state index contributed by atoms with van der Waals surface area (Å²) < 4.78 is 0. The van der Waals surface area contributed by atoms with Crippen LogP contribution in [0.4, 0.5) is 4.79 Å². The number of rotatable bonds is 4. The maximum absolute atomic E-state index is 12.2. The summed E-state index contributed by atoms with van der Waals surface area (Å²) in [6, 6.07) is -0.106. The Balaban J connectivity index is 2.63. The van der Waals surface area contributed by atoms with Crippen LogP contribution in [0.5, 0.6) is 0 Å². The number of urea groups is 1. The third kappa shape index (κ3) is 4.11. The van der Waals surface area contributed by atoms with Gasteiger partial charge in [0.25, 0.3) is 0 Å². The van der Waals surface area contributed by atoms with Gasteiger partial charge in [-0.3, -0.25) is 4.79 Å². The van der Waals surface area contributed by atoms with Crippen LogP contribution in [0.25, 0.3) is 0 Å². The van der Waals surface area contributed by atoms with Crippen LogP contribution in [-0.2, 0) is 4.79 Å². The number of aliphatic carboxylic acids is 1. The van der Waals surface area contributed by atoms with E-state index >= 15 is 0 Å². The fraction of sp³-hybridized carbons (Fsp3) is 0.875. The first kappa shape index (κ1) is 17.8. The quantitative estimate of drug-likeness (QED) is 0.746. The van der Waals surface area contributed by atoms with E-state index < -0.39 is 16.9 Å². The van der Waals surface area contributed by atoms with Gasteiger partial charge in [0.05, 0.1) is 11.0 Å². The first-order valence-electron chi connectivity index (χ1n) is 7.79. The molecule has 3 atom stereocenters. The molecule has 3 N–H and O–H groups in total. The third-order valence-corrected chi connectivity index (χ3v) is 5.27. The van der Waals surface area contributed by atoms with Gasteiger partial charge in [-0.2, -0.15) is 0 Å². The third-order valence-electron chi connectivity index (χ3n) is 5.27. The molecule has 21 heavy (non-hydrogen) atoms. The van der Waals surface area contributed by atoms with E-state index in [0.717, 1.165) is 19.3 Å². The second-order valence-electron chi connectivity index (χ2n) is 7.66. The molecule has 1 aliphatic carbocycles. The highest BCUT2D eigenvalue weighted by atomic mass is 16.4. The van der Waals surface area contributed by atoms with Crippen molar-refractivity contribution in [1.82, 2.24) is 10.6 Å². The van der Waals surface area contributed by atoms with Crippen LogP contribution < -0.4 is 10.6 Å². The average Bonchev–Trinajstić information content (AvgIpc) is 2.31. The summed E-state index contributed by atoms with van der Waals surface area (Å²) in [5.74, 6) is 0.242. The molecule has 0 heterocycles. The summed E-state index contributed by atoms with van der Waals surface area (Å²) >= 11 is 0. The van der Waals surface area contributed by atoms with Gasteiger partial charge >= 0.3 is 12.0 Å². The molecule has 1 aliphatic rings. The molecule has 0 saturated heterocycles. The van der Waals surface area contributed by atoms with E-state index in [2.05, 4.69) is 24.5 Å². The molecule has 1 fully saturated rings. The second-order valence-corrected chi connectivity index (χ2v) is 7.66. The van der Waals surface area contributed by atoms with Crippen LogP contribution in [0, 0.1) is 17.3 Å². The Morgan fingerprint density at radius 1 is 1.10 bits per heavy atom. The minimum absolute atomic E-state index is 0.171. The molecule has 3 unspecified atom stereocenters. The zero-order valence-electron chi connectivity index (χ0n) is 14.1. The molecule has 0 bridgehead atoms. The Bertz CT molecular complexity index is 404. The van der Waals surface area contributed by atoms with Crippen molar-refractivity contribution in [2.45, 2.75) is 72.4 Å².